The van der Waals surface area contributed by atoms with Gasteiger partial charge in [0, 0.05) is 26.7 Å². The van der Waals surface area contributed by atoms with Crippen molar-refractivity contribution in [2.24, 2.45) is 4.76 Å². The number of hydrogen-bond donors (Lipinski definition) is 1. The van der Waals surface area contributed by atoms with Crippen LogP contribution in [0.1, 0.15) is 169 Å². The van der Waals surface area contributed by atoms with Crippen molar-refractivity contribution in [1.82, 2.24) is 9.80 Å². The van der Waals surface area contributed by atoms with E-state index in [0.717, 1.165) is 25.6 Å². The average molecular weight is 575 g/mol. The fourth-order valence-electron chi connectivity index (χ4n) is 4.83. The number of likely N-dealkylation sites (N-methyl/N-ethyl adjacent to an activating group) is 1. The van der Waals surface area contributed by atoms with Crippen LogP contribution < -0.4 is 0 Å². The van der Waals surface area contributed by atoms with Crippen molar-refractivity contribution >= 4 is 13.8 Å². The van der Waals surface area contributed by atoms with Crippen molar-refractivity contribution in [1.29, 1.82) is 0 Å². The van der Waals surface area contributed by atoms with Crippen molar-refractivity contribution in [3.8, 4) is 0 Å². The van der Waals surface area contributed by atoms with E-state index in [0.29, 0.717) is 0 Å². The highest BCUT2D eigenvalue weighted by atomic mass is 31.2. The van der Waals surface area contributed by atoms with E-state index in [-0.39, 0.29) is 0 Å². The minimum atomic E-state index is -2.62. The third-order valence-corrected chi connectivity index (χ3v) is 8.47. The molecule has 5 nitrogen and oxygen atoms in total. The smallest absolute Gasteiger partial charge is 0.341 e. The monoisotopic (exact) mass is 575 g/mol. The van der Waals surface area contributed by atoms with Gasteiger partial charge in [0.1, 0.15) is 6.66 Å². The minimum absolute atomic E-state index is 0.901. The molecule has 1 saturated heterocycles. The third-order valence-electron chi connectivity index (χ3n) is 7.23. The Balaban J connectivity index is 0. The molecule has 1 rings (SSSR count). The number of nitrogens with zero attached hydrogens (tertiary/aromatic N) is 3. The largest absolute Gasteiger partial charge is 0.391 e. The molecule has 1 atom stereocenters. The highest BCUT2D eigenvalue weighted by molar-refractivity contribution is 7.63. The predicted octanol–water partition coefficient (Wildman–Crippen LogP) is 10.9. The SMILES string of the molecule is CC.CCC.CCCCCCCCCCCCCCCCCCCCCCN1CCN(C)/C1=N\[P+](C)(O)OC. The summed E-state index contributed by atoms with van der Waals surface area (Å²) in [5.74, 6) is 0.901. The molecule has 1 fully saturated rings. The Morgan fingerprint density at radius 2 is 1.00 bits per heavy atom. The lowest BCUT2D eigenvalue weighted by atomic mass is 10.0. The molecule has 1 unspecified atom stereocenters. The second-order valence-corrected chi connectivity index (χ2v) is 13.5. The van der Waals surface area contributed by atoms with E-state index < -0.39 is 7.87 Å². The molecule has 39 heavy (non-hydrogen) atoms. The lowest BCUT2D eigenvalue weighted by Gasteiger charge is -2.20. The van der Waals surface area contributed by atoms with Crippen molar-refractivity contribution in [3.05, 3.63) is 0 Å². The molecule has 0 aliphatic carbocycles. The number of unbranched alkanes of at least 4 members (excludes halogenated alkanes) is 19. The summed E-state index contributed by atoms with van der Waals surface area (Å²) in [6, 6.07) is 0. The van der Waals surface area contributed by atoms with E-state index in [1.54, 1.807) is 6.66 Å². The molecule has 1 aliphatic rings. The molecule has 0 spiro atoms. The average Bonchev–Trinajstić information content (AvgIpc) is 3.27. The third kappa shape index (κ3) is 26.3. The molecule has 0 saturated carbocycles. The first-order valence-corrected chi connectivity index (χ1v) is 19.2. The quantitative estimate of drug-likeness (QED) is 0.0974. The maximum Gasteiger partial charge on any atom is 0.391 e. The Labute approximate surface area is 247 Å². The second-order valence-electron chi connectivity index (χ2n) is 11.3. The maximum atomic E-state index is 10.2. The zero-order valence-electron chi connectivity index (χ0n) is 28.1. The molecule has 6 heteroatoms. The summed E-state index contributed by atoms with van der Waals surface area (Å²) in [6.07, 6.45) is 29.5. The summed E-state index contributed by atoms with van der Waals surface area (Å²) < 4.78 is 9.67. The fraction of sp³-hybridized carbons (Fsp3) is 0.970. The molecule has 1 aliphatic heterocycles. The van der Waals surface area contributed by atoms with Gasteiger partial charge in [0.25, 0.3) is 0 Å². The van der Waals surface area contributed by atoms with Crippen LogP contribution in [-0.2, 0) is 4.52 Å². The van der Waals surface area contributed by atoms with Crippen LogP contribution in [-0.4, -0.2) is 61.1 Å². The van der Waals surface area contributed by atoms with Crippen molar-refractivity contribution in [2.45, 2.75) is 169 Å². The zero-order valence-corrected chi connectivity index (χ0v) is 29.0. The van der Waals surface area contributed by atoms with Crippen LogP contribution in [0.5, 0.6) is 0 Å². The Morgan fingerprint density at radius 1 is 0.667 bits per heavy atom. The van der Waals surface area contributed by atoms with E-state index in [1.165, 1.54) is 142 Å². The summed E-state index contributed by atoms with van der Waals surface area (Å²) in [6.45, 7) is 15.2. The lowest BCUT2D eigenvalue weighted by molar-refractivity contribution is 0.369. The van der Waals surface area contributed by atoms with Gasteiger partial charge in [-0.1, -0.05) is 163 Å². The number of hydrogen-bond acceptors (Lipinski definition) is 3. The van der Waals surface area contributed by atoms with Gasteiger partial charge in [-0.2, -0.15) is 9.42 Å². The zero-order chi connectivity index (χ0) is 29.6. The molecule has 0 aromatic heterocycles. The molecule has 0 amide bonds. The van der Waals surface area contributed by atoms with Crippen molar-refractivity contribution < 1.29 is 9.42 Å². The first kappa shape index (κ1) is 40.8. The van der Waals surface area contributed by atoms with Crippen LogP contribution in [0, 0.1) is 0 Å². The predicted molar refractivity (Wildman–Crippen MR) is 179 cm³/mol. The summed E-state index contributed by atoms with van der Waals surface area (Å²) in [4.78, 5) is 14.6. The molecular formula is C33H73N3O2P+. The van der Waals surface area contributed by atoms with Gasteiger partial charge >= 0.3 is 7.87 Å². The van der Waals surface area contributed by atoms with Crippen LogP contribution in [0.25, 0.3) is 0 Å². The number of rotatable bonds is 23. The van der Waals surface area contributed by atoms with E-state index in [1.807, 2.05) is 20.9 Å². The first-order chi connectivity index (χ1) is 18.9. The lowest BCUT2D eigenvalue weighted by Crippen LogP contribution is -2.32. The van der Waals surface area contributed by atoms with Gasteiger partial charge in [0.15, 0.2) is 0 Å². The summed E-state index contributed by atoms with van der Waals surface area (Å²) >= 11 is 0. The van der Waals surface area contributed by atoms with E-state index >= 15 is 0 Å². The molecule has 0 aromatic rings. The van der Waals surface area contributed by atoms with E-state index in [2.05, 4.69) is 35.3 Å². The van der Waals surface area contributed by atoms with Gasteiger partial charge in [-0.25, -0.2) is 0 Å². The molecule has 0 aromatic carbocycles. The Kier molecular flexibility index (Phi) is 32.0. The van der Waals surface area contributed by atoms with Crippen LogP contribution in [0.2, 0.25) is 0 Å². The fourth-order valence-corrected chi connectivity index (χ4v) is 5.52. The highest BCUT2D eigenvalue weighted by Crippen LogP contribution is 2.53. The minimum Gasteiger partial charge on any atom is -0.341 e. The van der Waals surface area contributed by atoms with Crippen LogP contribution in [0.15, 0.2) is 4.76 Å². The standard InChI is InChI=1S/C28H59N3O2P.C3H8.C2H6/c1-5-6-7-8-9-10-11-12-13-14-15-16-17-18-19-20-21-22-23-24-25-31-27-26-30(2)28(31)29-34(4,32)33-3;1-3-2;1-2/h32H,5-27H2,1-4H3;3H2,1-2H3;1-2H3/q+1;;/b29-28+;;. The normalized spacial score (nSPS) is 15.6. The van der Waals surface area contributed by atoms with E-state index in [9.17, 15) is 4.89 Å². The van der Waals surface area contributed by atoms with Crippen LogP contribution in [0.3, 0.4) is 0 Å². The Hall–Kier alpha value is -0.380. The van der Waals surface area contributed by atoms with Gasteiger partial charge in [-0.05, 0) is 11.2 Å². The van der Waals surface area contributed by atoms with E-state index in [4.69, 9.17) is 4.52 Å². The Bertz CT molecular complexity index is 517. The summed E-state index contributed by atoms with van der Waals surface area (Å²) in [5.41, 5.74) is 0. The molecule has 1 heterocycles. The highest BCUT2D eigenvalue weighted by Gasteiger charge is 2.35. The van der Waals surface area contributed by atoms with Gasteiger partial charge in [0.2, 0.25) is 5.96 Å². The number of guanidine groups is 1. The van der Waals surface area contributed by atoms with Gasteiger partial charge in [-0.3, -0.25) is 0 Å². The molecule has 0 bridgehead atoms. The molecule has 1 N–H and O–H groups in total. The van der Waals surface area contributed by atoms with Crippen molar-refractivity contribution in [2.75, 3.05) is 40.5 Å². The van der Waals surface area contributed by atoms with Crippen LogP contribution in [0.4, 0.5) is 0 Å². The molecule has 236 valence electrons. The molecular weight excluding hydrogens is 501 g/mol. The van der Waals surface area contributed by atoms with Crippen molar-refractivity contribution in [3.63, 3.8) is 0 Å². The topological polar surface area (TPSA) is 48.3 Å². The second kappa shape index (κ2) is 30.6. The van der Waals surface area contributed by atoms with Gasteiger partial charge in [-0.15, -0.1) is 0 Å². The maximum absolute atomic E-state index is 10.2. The Morgan fingerprint density at radius 3 is 1.33 bits per heavy atom. The van der Waals surface area contributed by atoms with Gasteiger partial charge in [0.05, 0.1) is 7.11 Å². The molecule has 0 radical (unpaired) electrons. The summed E-state index contributed by atoms with van der Waals surface area (Å²) in [7, 11) is 0.962. The first-order valence-electron chi connectivity index (χ1n) is 17.1. The van der Waals surface area contributed by atoms with Gasteiger partial charge < -0.3 is 9.80 Å². The van der Waals surface area contributed by atoms with Crippen LogP contribution >= 0.6 is 7.87 Å². The summed E-state index contributed by atoms with van der Waals surface area (Å²) in [5, 5.41) is 0.